The third kappa shape index (κ3) is 1.79. The first-order chi connectivity index (χ1) is 7.54. The average molecular weight is 257 g/mol. The van der Waals surface area contributed by atoms with Crippen molar-refractivity contribution in [3.05, 3.63) is 58.1 Å². The molecule has 1 aromatic rings. The maximum Gasteiger partial charge on any atom is 0.217 e. The van der Waals surface area contributed by atoms with Crippen LogP contribution in [0.25, 0.3) is 0 Å². The van der Waals surface area contributed by atoms with Crippen LogP contribution in [0.4, 0.5) is 4.39 Å². The van der Waals surface area contributed by atoms with Gasteiger partial charge in [-0.15, -0.1) is 0 Å². The molecule has 1 nitrogen and oxygen atoms in total. The fourth-order valence-electron chi connectivity index (χ4n) is 1.54. The molecule has 0 saturated heterocycles. The highest BCUT2D eigenvalue weighted by atomic mass is 35.5. The van der Waals surface area contributed by atoms with Gasteiger partial charge < -0.3 is 0 Å². The summed E-state index contributed by atoms with van der Waals surface area (Å²) in [6, 6.07) is 4.34. The molecule has 82 valence electrons. The number of halogens is 3. The second-order valence-corrected chi connectivity index (χ2v) is 4.26. The van der Waals surface area contributed by atoms with Crippen molar-refractivity contribution in [2.45, 2.75) is 5.67 Å². The van der Waals surface area contributed by atoms with Gasteiger partial charge in [0.05, 0.1) is 0 Å². The maximum atomic E-state index is 14.5. The number of hydrogen-bond donors (Lipinski definition) is 0. The van der Waals surface area contributed by atoms with Gasteiger partial charge >= 0.3 is 0 Å². The van der Waals surface area contributed by atoms with Gasteiger partial charge in [-0.2, -0.15) is 0 Å². The second kappa shape index (κ2) is 4.04. The molecule has 0 aromatic heterocycles. The van der Waals surface area contributed by atoms with Crippen LogP contribution >= 0.6 is 23.2 Å². The lowest BCUT2D eigenvalue weighted by Crippen LogP contribution is -2.29. The molecule has 0 N–H and O–H groups in total. The van der Waals surface area contributed by atoms with E-state index < -0.39 is 11.5 Å². The summed E-state index contributed by atoms with van der Waals surface area (Å²) >= 11 is 11.6. The van der Waals surface area contributed by atoms with Crippen molar-refractivity contribution in [2.75, 3.05) is 0 Å². The van der Waals surface area contributed by atoms with E-state index in [4.69, 9.17) is 23.2 Å². The standard InChI is InChI=1S/C12H7Cl2FO/c13-8-4-5-9(10(14)7-8)12(15)6-2-1-3-11(12)16/h1-7H. The van der Waals surface area contributed by atoms with Crippen LogP contribution in [0, 0.1) is 0 Å². The van der Waals surface area contributed by atoms with E-state index in [0.29, 0.717) is 5.02 Å². The van der Waals surface area contributed by atoms with Gasteiger partial charge in [0, 0.05) is 15.6 Å². The summed E-state index contributed by atoms with van der Waals surface area (Å²) in [7, 11) is 0. The van der Waals surface area contributed by atoms with E-state index in [1.54, 1.807) is 0 Å². The Morgan fingerprint density at radius 3 is 2.56 bits per heavy atom. The number of benzene rings is 1. The molecule has 0 aliphatic heterocycles. The third-order valence-electron chi connectivity index (χ3n) is 2.37. The van der Waals surface area contributed by atoms with Crippen molar-refractivity contribution in [3.63, 3.8) is 0 Å². The zero-order chi connectivity index (χ0) is 11.8. The molecule has 1 aliphatic carbocycles. The largest absolute Gasteiger partial charge is 0.290 e. The van der Waals surface area contributed by atoms with Crippen LogP contribution in [0.1, 0.15) is 5.56 Å². The highest BCUT2D eigenvalue weighted by molar-refractivity contribution is 6.35. The summed E-state index contributed by atoms with van der Waals surface area (Å²) in [5.74, 6) is -0.640. The van der Waals surface area contributed by atoms with Crippen molar-refractivity contribution in [1.82, 2.24) is 0 Å². The first-order valence-electron chi connectivity index (χ1n) is 4.59. The van der Waals surface area contributed by atoms with Crippen LogP contribution in [0.5, 0.6) is 0 Å². The topological polar surface area (TPSA) is 17.1 Å². The van der Waals surface area contributed by atoms with Crippen LogP contribution in [0.15, 0.2) is 42.5 Å². The molecule has 0 saturated carbocycles. The molecule has 0 fully saturated rings. The van der Waals surface area contributed by atoms with Crippen LogP contribution in [0.2, 0.25) is 10.0 Å². The minimum atomic E-state index is -2.18. The summed E-state index contributed by atoms with van der Waals surface area (Å²) in [4.78, 5) is 11.5. The maximum absolute atomic E-state index is 14.5. The molecule has 0 heterocycles. The lowest BCUT2D eigenvalue weighted by molar-refractivity contribution is -0.123. The van der Waals surface area contributed by atoms with E-state index in [2.05, 4.69) is 0 Å². The Hall–Kier alpha value is -1.12. The molecular formula is C12H7Cl2FO. The van der Waals surface area contributed by atoms with E-state index >= 15 is 0 Å². The Morgan fingerprint density at radius 2 is 1.94 bits per heavy atom. The Balaban J connectivity index is 2.55. The number of allylic oxidation sites excluding steroid dienone is 4. The van der Waals surface area contributed by atoms with E-state index in [1.165, 1.54) is 42.5 Å². The lowest BCUT2D eigenvalue weighted by atomic mass is 9.88. The van der Waals surface area contributed by atoms with Crippen LogP contribution in [-0.4, -0.2) is 5.78 Å². The number of rotatable bonds is 1. The van der Waals surface area contributed by atoms with Crippen LogP contribution in [-0.2, 0) is 10.5 Å². The molecule has 0 radical (unpaired) electrons. The predicted molar refractivity (Wildman–Crippen MR) is 62.5 cm³/mol. The number of carbonyl (C=O) groups excluding carboxylic acids is 1. The van der Waals surface area contributed by atoms with E-state index in [1.807, 2.05) is 0 Å². The molecule has 2 rings (SSSR count). The molecule has 1 aliphatic rings. The molecule has 16 heavy (non-hydrogen) atoms. The summed E-state index contributed by atoms with van der Waals surface area (Å²) in [5.41, 5.74) is -2.07. The summed E-state index contributed by atoms with van der Waals surface area (Å²) < 4.78 is 14.5. The van der Waals surface area contributed by atoms with Crippen LogP contribution in [0.3, 0.4) is 0 Å². The Morgan fingerprint density at radius 1 is 1.19 bits per heavy atom. The zero-order valence-corrected chi connectivity index (χ0v) is 9.60. The molecular weight excluding hydrogens is 250 g/mol. The predicted octanol–water partition coefficient (Wildman–Crippen LogP) is 3.85. The monoisotopic (exact) mass is 256 g/mol. The Kier molecular flexibility index (Phi) is 2.87. The summed E-state index contributed by atoms with van der Waals surface area (Å²) in [6.07, 6.45) is 5.34. The van der Waals surface area contributed by atoms with E-state index in [-0.39, 0.29) is 10.6 Å². The van der Waals surface area contributed by atoms with Gasteiger partial charge in [-0.1, -0.05) is 41.4 Å². The normalized spacial score (nSPS) is 23.8. The van der Waals surface area contributed by atoms with Gasteiger partial charge in [-0.25, -0.2) is 4.39 Å². The number of alkyl halides is 1. The van der Waals surface area contributed by atoms with Gasteiger partial charge in [0.15, 0.2) is 0 Å². The molecule has 1 aromatic carbocycles. The van der Waals surface area contributed by atoms with E-state index in [0.717, 1.165) is 0 Å². The summed E-state index contributed by atoms with van der Waals surface area (Å²) in [5, 5.41) is 0.545. The molecule has 0 amide bonds. The van der Waals surface area contributed by atoms with Crippen molar-refractivity contribution in [1.29, 1.82) is 0 Å². The minimum absolute atomic E-state index is 0.115. The van der Waals surface area contributed by atoms with E-state index in [9.17, 15) is 9.18 Å². The Bertz CT molecular complexity index is 508. The minimum Gasteiger partial charge on any atom is -0.290 e. The quantitative estimate of drug-likeness (QED) is 0.746. The van der Waals surface area contributed by atoms with Gasteiger partial charge in [0.25, 0.3) is 0 Å². The van der Waals surface area contributed by atoms with Gasteiger partial charge in [0.1, 0.15) is 0 Å². The third-order valence-corrected chi connectivity index (χ3v) is 2.91. The van der Waals surface area contributed by atoms with Crippen LogP contribution < -0.4 is 0 Å². The number of ketones is 1. The molecule has 0 bridgehead atoms. The second-order valence-electron chi connectivity index (χ2n) is 3.42. The fraction of sp³-hybridized carbons (Fsp3) is 0.0833. The highest BCUT2D eigenvalue weighted by Gasteiger charge is 2.38. The molecule has 4 heteroatoms. The molecule has 1 atom stereocenters. The number of hydrogen-bond acceptors (Lipinski definition) is 1. The smallest absolute Gasteiger partial charge is 0.217 e. The fourth-order valence-corrected chi connectivity index (χ4v) is 2.09. The van der Waals surface area contributed by atoms with Crippen molar-refractivity contribution < 1.29 is 9.18 Å². The van der Waals surface area contributed by atoms with Gasteiger partial charge in [-0.05, 0) is 24.3 Å². The van der Waals surface area contributed by atoms with Crippen molar-refractivity contribution in [2.24, 2.45) is 0 Å². The van der Waals surface area contributed by atoms with Crippen molar-refractivity contribution >= 4 is 29.0 Å². The molecule has 0 spiro atoms. The van der Waals surface area contributed by atoms with Gasteiger partial charge in [-0.3, -0.25) is 4.79 Å². The summed E-state index contributed by atoms with van der Waals surface area (Å²) in [6.45, 7) is 0. The van der Waals surface area contributed by atoms with Gasteiger partial charge in [0.2, 0.25) is 11.5 Å². The Labute approximate surface area is 102 Å². The SMILES string of the molecule is O=C1C=CC=CC1(F)c1ccc(Cl)cc1Cl. The highest BCUT2D eigenvalue weighted by Crippen LogP contribution is 2.37. The first kappa shape index (κ1) is 11.4. The average Bonchev–Trinajstić information content (AvgIpc) is 2.22. The molecule has 1 unspecified atom stereocenters. The number of carbonyl (C=O) groups is 1. The zero-order valence-electron chi connectivity index (χ0n) is 8.08. The lowest BCUT2D eigenvalue weighted by Gasteiger charge is -2.22. The van der Waals surface area contributed by atoms with Crippen molar-refractivity contribution in [3.8, 4) is 0 Å². The first-order valence-corrected chi connectivity index (χ1v) is 5.34.